The van der Waals surface area contributed by atoms with E-state index in [0.29, 0.717) is 11.6 Å². The van der Waals surface area contributed by atoms with Gasteiger partial charge in [0, 0.05) is 6.04 Å². The molecule has 3 nitrogen and oxygen atoms in total. The maximum atomic E-state index is 10.8. The highest BCUT2D eigenvalue weighted by Crippen LogP contribution is 2.21. The Morgan fingerprint density at radius 2 is 1.74 bits per heavy atom. The Hall–Kier alpha value is -1.35. The van der Waals surface area contributed by atoms with Gasteiger partial charge in [-0.1, -0.05) is 45.2 Å². The summed E-state index contributed by atoms with van der Waals surface area (Å²) in [5, 5.41) is 12.2. The third kappa shape index (κ3) is 5.43. The van der Waals surface area contributed by atoms with Gasteiger partial charge in [-0.15, -0.1) is 0 Å². The van der Waals surface area contributed by atoms with Crippen molar-refractivity contribution < 1.29 is 9.90 Å². The average Bonchev–Trinajstić information content (AvgIpc) is 2.39. The molecular formula is C16H25NO2. The normalized spacial score (nSPS) is 12.6. The quantitative estimate of drug-likeness (QED) is 0.700. The fourth-order valence-electron chi connectivity index (χ4n) is 2.24. The molecule has 0 heterocycles. The van der Waals surface area contributed by atoms with E-state index in [0.717, 1.165) is 17.9 Å². The maximum absolute atomic E-state index is 10.8. The number of carbonyl (C=O) groups is 1. The number of benzene rings is 1. The molecule has 1 rings (SSSR count). The van der Waals surface area contributed by atoms with Crippen molar-refractivity contribution in [1.82, 2.24) is 5.32 Å². The summed E-state index contributed by atoms with van der Waals surface area (Å²) in [6.45, 7) is 4.50. The second kappa shape index (κ2) is 7.95. The Kier molecular flexibility index (Phi) is 6.57. The third-order valence-electron chi connectivity index (χ3n) is 3.43. The molecule has 0 radical (unpaired) electrons. The summed E-state index contributed by atoms with van der Waals surface area (Å²) in [5.74, 6) is -0.104. The number of aromatic carboxylic acids is 1. The Morgan fingerprint density at radius 1 is 1.16 bits per heavy atom. The van der Waals surface area contributed by atoms with Crippen LogP contribution < -0.4 is 5.32 Å². The van der Waals surface area contributed by atoms with Gasteiger partial charge in [-0.05, 0) is 37.1 Å². The van der Waals surface area contributed by atoms with Crippen molar-refractivity contribution >= 4 is 5.97 Å². The molecule has 1 atom stereocenters. The lowest BCUT2D eigenvalue weighted by atomic mass is 9.98. The minimum Gasteiger partial charge on any atom is -0.478 e. The van der Waals surface area contributed by atoms with E-state index in [9.17, 15) is 4.79 Å². The number of unbranched alkanes of at least 4 members (excludes halogenated alkanes) is 1. The van der Waals surface area contributed by atoms with Crippen LogP contribution in [0.4, 0.5) is 0 Å². The van der Waals surface area contributed by atoms with Crippen LogP contribution in [0.5, 0.6) is 0 Å². The summed E-state index contributed by atoms with van der Waals surface area (Å²) < 4.78 is 0. The molecule has 19 heavy (non-hydrogen) atoms. The summed E-state index contributed by atoms with van der Waals surface area (Å²) in [5.41, 5.74) is 1.51. The molecule has 0 spiro atoms. The Labute approximate surface area is 116 Å². The number of rotatable bonds is 8. The fraction of sp³-hybridized carbons (Fsp3) is 0.562. The first-order chi connectivity index (χ1) is 9.04. The highest BCUT2D eigenvalue weighted by Gasteiger charge is 2.10. The smallest absolute Gasteiger partial charge is 0.335 e. The first kappa shape index (κ1) is 15.7. The highest BCUT2D eigenvalue weighted by atomic mass is 16.4. The topological polar surface area (TPSA) is 49.3 Å². The lowest BCUT2D eigenvalue weighted by Crippen LogP contribution is -2.16. The van der Waals surface area contributed by atoms with Gasteiger partial charge in [0.15, 0.2) is 0 Å². The molecule has 0 aromatic heterocycles. The molecule has 0 aliphatic rings. The van der Waals surface area contributed by atoms with Gasteiger partial charge in [-0.3, -0.25) is 0 Å². The van der Waals surface area contributed by atoms with Crippen LogP contribution in [-0.4, -0.2) is 18.1 Å². The summed E-state index contributed by atoms with van der Waals surface area (Å²) in [6.07, 6.45) is 4.82. The first-order valence-electron chi connectivity index (χ1n) is 7.05. The lowest BCUT2D eigenvalue weighted by molar-refractivity contribution is 0.0697. The Morgan fingerprint density at radius 3 is 2.21 bits per heavy atom. The zero-order valence-electron chi connectivity index (χ0n) is 12.1. The zero-order valence-corrected chi connectivity index (χ0v) is 12.1. The SMILES string of the molecule is CN[C@H](CCCCC(C)C)c1ccc(C(=O)O)cc1. The molecule has 0 bridgehead atoms. The van der Waals surface area contributed by atoms with Gasteiger partial charge in [0.1, 0.15) is 0 Å². The molecular weight excluding hydrogens is 238 g/mol. The predicted molar refractivity (Wildman–Crippen MR) is 78.5 cm³/mol. The second-order valence-electron chi connectivity index (χ2n) is 5.45. The van der Waals surface area contributed by atoms with Gasteiger partial charge in [-0.25, -0.2) is 4.79 Å². The molecule has 0 saturated heterocycles. The van der Waals surface area contributed by atoms with Gasteiger partial charge in [0.25, 0.3) is 0 Å². The van der Waals surface area contributed by atoms with E-state index in [1.165, 1.54) is 19.3 Å². The van der Waals surface area contributed by atoms with E-state index >= 15 is 0 Å². The second-order valence-corrected chi connectivity index (χ2v) is 5.45. The molecule has 0 aliphatic heterocycles. The van der Waals surface area contributed by atoms with E-state index in [4.69, 9.17) is 5.11 Å². The molecule has 0 aliphatic carbocycles. The zero-order chi connectivity index (χ0) is 14.3. The van der Waals surface area contributed by atoms with Gasteiger partial charge in [0.2, 0.25) is 0 Å². The van der Waals surface area contributed by atoms with Crippen molar-refractivity contribution in [3.63, 3.8) is 0 Å². The molecule has 1 aromatic carbocycles. The first-order valence-corrected chi connectivity index (χ1v) is 7.05. The van der Waals surface area contributed by atoms with Crippen molar-refractivity contribution in [2.45, 2.75) is 45.6 Å². The standard InChI is InChI=1S/C16H25NO2/c1-12(2)6-4-5-7-15(17-3)13-8-10-14(11-9-13)16(18)19/h8-12,15,17H,4-7H2,1-3H3,(H,18,19)/t15-/m1/s1. The molecule has 1 aromatic rings. The third-order valence-corrected chi connectivity index (χ3v) is 3.43. The van der Waals surface area contributed by atoms with Crippen molar-refractivity contribution in [3.05, 3.63) is 35.4 Å². The monoisotopic (exact) mass is 263 g/mol. The van der Waals surface area contributed by atoms with E-state index in [-0.39, 0.29) is 0 Å². The van der Waals surface area contributed by atoms with Crippen LogP contribution in [0.15, 0.2) is 24.3 Å². The highest BCUT2D eigenvalue weighted by molar-refractivity contribution is 5.87. The minimum absolute atomic E-state index is 0.315. The Balaban J connectivity index is 2.52. The van der Waals surface area contributed by atoms with Gasteiger partial charge in [0.05, 0.1) is 5.56 Å². The Bertz CT molecular complexity index is 384. The van der Waals surface area contributed by atoms with Gasteiger partial charge in [-0.2, -0.15) is 0 Å². The van der Waals surface area contributed by atoms with Crippen LogP contribution in [0, 0.1) is 5.92 Å². The molecule has 0 amide bonds. The van der Waals surface area contributed by atoms with Gasteiger partial charge < -0.3 is 10.4 Å². The van der Waals surface area contributed by atoms with Gasteiger partial charge >= 0.3 is 5.97 Å². The molecule has 0 unspecified atom stereocenters. The van der Waals surface area contributed by atoms with E-state index in [2.05, 4.69) is 19.2 Å². The van der Waals surface area contributed by atoms with Crippen LogP contribution in [-0.2, 0) is 0 Å². The molecule has 106 valence electrons. The summed E-state index contributed by atoms with van der Waals surface area (Å²) in [4.78, 5) is 10.8. The van der Waals surface area contributed by atoms with E-state index in [1.54, 1.807) is 12.1 Å². The fourth-order valence-corrected chi connectivity index (χ4v) is 2.24. The maximum Gasteiger partial charge on any atom is 0.335 e. The van der Waals surface area contributed by atoms with Crippen molar-refractivity contribution in [2.75, 3.05) is 7.05 Å². The number of hydrogen-bond acceptors (Lipinski definition) is 2. The molecule has 3 heteroatoms. The minimum atomic E-state index is -0.871. The van der Waals surface area contributed by atoms with Crippen molar-refractivity contribution in [1.29, 1.82) is 0 Å². The van der Waals surface area contributed by atoms with Crippen LogP contribution in [0.1, 0.15) is 61.5 Å². The molecule has 0 saturated carbocycles. The van der Waals surface area contributed by atoms with Crippen molar-refractivity contribution in [3.8, 4) is 0 Å². The lowest BCUT2D eigenvalue weighted by Gasteiger charge is -2.17. The molecule has 0 fully saturated rings. The summed E-state index contributed by atoms with van der Waals surface area (Å²) in [6, 6.07) is 7.49. The molecule has 2 N–H and O–H groups in total. The predicted octanol–water partition coefficient (Wildman–Crippen LogP) is 3.86. The van der Waals surface area contributed by atoms with Crippen LogP contribution in [0.3, 0.4) is 0 Å². The average molecular weight is 263 g/mol. The summed E-state index contributed by atoms with van der Waals surface area (Å²) >= 11 is 0. The van der Waals surface area contributed by atoms with Crippen molar-refractivity contribution in [2.24, 2.45) is 5.92 Å². The van der Waals surface area contributed by atoms with Crippen LogP contribution >= 0.6 is 0 Å². The summed E-state index contributed by atoms with van der Waals surface area (Å²) in [7, 11) is 1.96. The van der Waals surface area contributed by atoms with Crippen LogP contribution in [0.25, 0.3) is 0 Å². The van der Waals surface area contributed by atoms with Crippen LogP contribution in [0.2, 0.25) is 0 Å². The number of carboxylic acids is 1. The van der Waals surface area contributed by atoms with E-state index in [1.807, 2.05) is 19.2 Å². The number of nitrogens with one attached hydrogen (secondary N) is 1. The number of hydrogen-bond donors (Lipinski definition) is 2. The number of carboxylic acid groups (broad SMARTS) is 1. The largest absolute Gasteiger partial charge is 0.478 e. The van der Waals surface area contributed by atoms with E-state index < -0.39 is 5.97 Å².